The molecule has 2 rings (SSSR count). The average molecular weight is 220 g/mol. The first-order valence-electron chi connectivity index (χ1n) is 5.36. The van der Waals surface area contributed by atoms with Crippen molar-refractivity contribution in [1.29, 1.82) is 0 Å². The van der Waals surface area contributed by atoms with E-state index in [1.165, 1.54) is 0 Å². The minimum atomic E-state index is 0.234. The van der Waals surface area contributed by atoms with Crippen LogP contribution in [0.1, 0.15) is 13.8 Å². The van der Waals surface area contributed by atoms with Crippen molar-refractivity contribution >= 4 is 17.0 Å². The van der Waals surface area contributed by atoms with Crippen molar-refractivity contribution in [1.82, 2.24) is 14.5 Å². The molecule has 2 aromatic rings. The Kier molecular flexibility index (Phi) is 3.05. The quantitative estimate of drug-likeness (QED) is 0.846. The smallest absolute Gasteiger partial charge is 0.201 e. The molecule has 0 radical (unpaired) electrons. The molecule has 2 heterocycles. The molecule has 5 heteroatoms. The third-order valence-corrected chi connectivity index (χ3v) is 2.35. The number of nitrogen functional groups attached to an aromatic ring is 1. The highest BCUT2D eigenvalue weighted by Gasteiger charge is 2.07. The highest BCUT2D eigenvalue weighted by Crippen LogP contribution is 2.15. The van der Waals surface area contributed by atoms with Crippen LogP contribution in [0.4, 0.5) is 5.95 Å². The first-order chi connectivity index (χ1) is 7.68. The van der Waals surface area contributed by atoms with E-state index in [2.05, 4.69) is 9.97 Å². The van der Waals surface area contributed by atoms with Gasteiger partial charge >= 0.3 is 0 Å². The molecule has 5 nitrogen and oxygen atoms in total. The van der Waals surface area contributed by atoms with Gasteiger partial charge < -0.3 is 15.0 Å². The predicted octanol–water partition coefficient (Wildman–Crippen LogP) is 1.44. The van der Waals surface area contributed by atoms with Gasteiger partial charge in [-0.3, -0.25) is 4.98 Å². The van der Waals surface area contributed by atoms with Crippen LogP contribution in [0.25, 0.3) is 11.0 Å². The molecule has 86 valence electrons. The molecule has 2 aromatic heterocycles. The maximum Gasteiger partial charge on any atom is 0.201 e. The van der Waals surface area contributed by atoms with Crippen LogP contribution in [0.15, 0.2) is 18.5 Å². The minimum Gasteiger partial charge on any atom is -0.377 e. The average Bonchev–Trinajstić information content (AvgIpc) is 2.55. The maximum absolute atomic E-state index is 5.84. The summed E-state index contributed by atoms with van der Waals surface area (Å²) in [6, 6.07) is 1.91. The molecule has 0 aliphatic heterocycles. The van der Waals surface area contributed by atoms with Crippen molar-refractivity contribution in [3.05, 3.63) is 18.5 Å². The lowest BCUT2D eigenvalue weighted by molar-refractivity contribution is 0.0735. The normalized spacial score (nSPS) is 11.4. The van der Waals surface area contributed by atoms with Crippen molar-refractivity contribution in [2.45, 2.75) is 26.5 Å². The number of nitrogens with zero attached hydrogens (tertiary/aromatic N) is 3. The zero-order chi connectivity index (χ0) is 11.5. The molecule has 0 spiro atoms. The van der Waals surface area contributed by atoms with Crippen LogP contribution >= 0.6 is 0 Å². The number of hydrogen-bond acceptors (Lipinski definition) is 4. The predicted molar refractivity (Wildman–Crippen MR) is 63.0 cm³/mol. The van der Waals surface area contributed by atoms with Crippen LogP contribution in [-0.4, -0.2) is 27.2 Å². The Labute approximate surface area is 94.2 Å². The van der Waals surface area contributed by atoms with E-state index in [1.54, 1.807) is 12.4 Å². The Morgan fingerprint density at radius 2 is 2.31 bits per heavy atom. The van der Waals surface area contributed by atoms with E-state index in [-0.39, 0.29) is 6.10 Å². The van der Waals surface area contributed by atoms with E-state index in [4.69, 9.17) is 10.5 Å². The summed E-state index contributed by atoms with van der Waals surface area (Å²) in [4.78, 5) is 8.25. The summed E-state index contributed by atoms with van der Waals surface area (Å²) in [5.74, 6) is 0.510. The summed E-state index contributed by atoms with van der Waals surface area (Å²) >= 11 is 0. The van der Waals surface area contributed by atoms with E-state index in [0.29, 0.717) is 19.1 Å². The van der Waals surface area contributed by atoms with Crippen LogP contribution in [0.3, 0.4) is 0 Å². The molecule has 0 saturated carbocycles. The zero-order valence-corrected chi connectivity index (χ0v) is 9.55. The lowest BCUT2D eigenvalue weighted by Gasteiger charge is -2.09. The highest BCUT2D eigenvalue weighted by molar-refractivity contribution is 5.76. The van der Waals surface area contributed by atoms with Gasteiger partial charge in [0.05, 0.1) is 24.4 Å². The number of nitrogens with two attached hydrogens (primary N) is 1. The van der Waals surface area contributed by atoms with Gasteiger partial charge in [-0.25, -0.2) is 4.98 Å². The van der Waals surface area contributed by atoms with E-state index < -0.39 is 0 Å². The summed E-state index contributed by atoms with van der Waals surface area (Å²) in [7, 11) is 0. The number of ether oxygens (including phenoxy) is 1. The van der Waals surface area contributed by atoms with E-state index in [1.807, 2.05) is 24.5 Å². The highest BCUT2D eigenvalue weighted by atomic mass is 16.5. The Morgan fingerprint density at radius 3 is 3.06 bits per heavy atom. The SMILES string of the molecule is CC(C)OCCn1c(N)nc2cnccc21. The number of hydrogen-bond donors (Lipinski definition) is 1. The fraction of sp³-hybridized carbons (Fsp3) is 0.455. The molecule has 0 aromatic carbocycles. The van der Waals surface area contributed by atoms with Crippen LogP contribution < -0.4 is 5.73 Å². The molecular weight excluding hydrogens is 204 g/mol. The third-order valence-electron chi connectivity index (χ3n) is 2.35. The van der Waals surface area contributed by atoms with Crippen molar-refractivity contribution < 1.29 is 4.74 Å². The first-order valence-corrected chi connectivity index (χ1v) is 5.36. The second-order valence-electron chi connectivity index (χ2n) is 3.91. The van der Waals surface area contributed by atoms with Crippen LogP contribution in [-0.2, 0) is 11.3 Å². The standard InChI is InChI=1S/C11H16N4O/c1-8(2)16-6-5-15-10-3-4-13-7-9(10)14-11(15)12/h3-4,7-8H,5-6H2,1-2H3,(H2,12,14). The number of imidazole rings is 1. The zero-order valence-electron chi connectivity index (χ0n) is 9.55. The van der Waals surface area contributed by atoms with Crippen molar-refractivity contribution in [2.24, 2.45) is 0 Å². The summed E-state index contributed by atoms with van der Waals surface area (Å²) in [6.45, 7) is 5.37. The van der Waals surface area contributed by atoms with E-state index in [9.17, 15) is 0 Å². The van der Waals surface area contributed by atoms with Gasteiger partial charge in [-0.2, -0.15) is 0 Å². The van der Waals surface area contributed by atoms with Crippen LogP contribution in [0.5, 0.6) is 0 Å². The Morgan fingerprint density at radius 1 is 1.50 bits per heavy atom. The van der Waals surface area contributed by atoms with Gasteiger partial charge in [0.15, 0.2) is 0 Å². The molecule has 0 aliphatic carbocycles. The molecule has 16 heavy (non-hydrogen) atoms. The second kappa shape index (κ2) is 4.49. The summed E-state index contributed by atoms with van der Waals surface area (Å²) in [5, 5.41) is 0. The van der Waals surface area contributed by atoms with Gasteiger partial charge in [-0.15, -0.1) is 0 Å². The van der Waals surface area contributed by atoms with Gasteiger partial charge in [0, 0.05) is 12.7 Å². The fourth-order valence-electron chi connectivity index (χ4n) is 1.62. The molecule has 0 amide bonds. The third kappa shape index (κ3) is 2.14. The Balaban J connectivity index is 2.19. The monoisotopic (exact) mass is 220 g/mol. The Bertz CT molecular complexity index is 478. The molecule has 0 aliphatic rings. The summed E-state index contributed by atoms with van der Waals surface area (Å²) in [5.41, 5.74) is 7.66. The van der Waals surface area contributed by atoms with Crippen molar-refractivity contribution in [3.63, 3.8) is 0 Å². The molecular formula is C11H16N4O. The molecule has 0 fully saturated rings. The minimum absolute atomic E-state index is 0.234. The lowest BCUT2D eigenvalue weighted by Crippen LogP contribution is -2.12. The molecule has 0 saturated heterocycles. The molecule has 0 bridgehead atoms. The second-order valence-corrected chi connectivity index (χ2v) is 3.91. The number of pyridine rings is 1. The van der Waals surface area contributed by atoms with Gasteiger partial charge in [0.2, 0.25) is 5.95 Å². The number of fused-ring (bicyclic) bond motifs is 1. The van der Waals surface area contributed by atoms with Crippen LogP contribution in [0, 0.1) is 0 Å². The first kappa shape index (κ1) is 10.9. The molecule has 0 unspecified atom stereocenters. The lowest BCUT2D eigenvalue weighted by atomic mass is 10.4. The molecule has 2 N–H and O–H groups in total. The fourth-order valence-corrected chi connectivity index (χ4v) is 1.62. The van der Waals surface area contributed by atoms with E-state index in [0.717, 1.165) is 11.0 Å². The largest absolute Gasteiger partial charge is 0.377 e. The van der Waals surface area contributed by atoms with Gasteiger partial charge in [0.1, 0.15) is 5.52 Å². The van der Waals surface area contributed by atoms with E-state index >= 15 is 0 Å². The summed E-state index contributed by atoms with van der Waals surface area (Å²) in [6.07, 6.45) is 3.69. The number of aromatic nitrogens is 3. The number of anilines is 1. The van der Waals surface area contributed by atoms with Crippen LogP contribution in [0.2, 0.25) is 0 Å². The topological polar surface area (TPSA) is 66.0 Å². The van der Waals surface area contributed by atoms with Gasteiger partial charge in [0.25, 0.3) is 0 Å². The van der Waals surface area contributed by atoms with Crippen molar-refractivity contribution in [2.75, 3.05) is 12.3 Å². The van der Waals surface area contributed by atoms with Gasteiger partial charge in [-0.05, 0) is 19.9 Å². The maximum atomic E-state index is 5.84. The summed E-state index contributed by atoms with van der Waals surface area (Å²) < 4.78 is 7.44. The molecule has 0 atom stereocenters. The number of rotatable bonds is 4. The van der Waals surface area contributed by atoms with Gasteiger partial charge in [-0.1, -0.05) is 0 Å². The Hall–Kier alpha value is -1.62. The van der Waals surface area contributed by atoms with Crippen molar-refractivity contribution in [3.8, 4) is 0 Å².